The van der Waals surface area contributed by atoms with Gasteiger partial charge in [0, 0.05) is 17.8 Å². The molecule has 2 aromatic carbocycles. The first kappa shape index (κ1) is 21.5. The van der Waals surface area contributed by atoms with Gasteiger partial charge in [0.2, 0.25) is 11.0 Å². The van der Waals surface area contributed by atoms with Crippen molar-refractivity contribution < 1.29 is 14.5 Å². The predicted molar refractivity (Wildman–Crippen MR) is 118 cm³/mol. The van der Waals surface area contributed by atoms with E-state index in [0.29, 0.717) is 15.2 Å². The van der Waals surface area contributed by atoms with E-state index in [0.717, 1.165) is 11.3 Å². The summed E-state index contributed by atoms with van der Waals surface area (Å²) in [5.74, 6) is 0.00824. The normalized spacial score (nSPS) is 11.6. The first-order valence-electron chi connectivity index (χ1n) is 8.83. The van der Waals surface area contributed by atoms with Gasteiger partial charge in [0.25, 0.3) is 5.69 Å². The minimum atomic E-state index is -0.530. The number of thioether (sulfide) groups is 1. The molecule has 1 aromatic heterocycles. The molecular formula is C19H19N5O4S2. The maximum Gasteiger partial charge on any atom is 0.271 e. The standard InChI is InChI=1S/C19H19N5O4S2/c1-11-5-4-6-13(9-11)20-18-22-23-19(30-18)29-12(2)17(25)21-15-10-14(24(26)27)7-8-16(15)28-3/h4-10,12H,1-3H3,(H,20,22)(H,21,25)/t12-/m0/s1. The third-order valence-electron chi connectivity index (χ3n) is 3.97. The fourth-order valence-corrected chi connectivity index (χ4v) is 4.42. The number of rotatable bonds is 8. The van der Waals surface area contributed by atoms with Crippen LogP contribution in [0.2, 0.25) is 0 Å². The summed E-state index contributed by atoms with van der Waals surface area (Å²) in [6.07, 6.45) is 0. The molecule has 2 N–H and O–H groups in total. The van der Waals surface area contributed by atoms with E-state index in [4.69, 9.17) is 4.74 Å². The molecule has 11 heteroatoms. The molecule has 0 saturated heterocycles. The van der Waals surface area contributed by atoms with Crippen LogP contribution in [-0.4, -0.2) is 33.4 Å². The second-order valence-corrected chi connectivity index (χ2v) is 8.82. The summed E-state index contributed by atoms with van der Waals surface area (Å²) in [5.41, 5.74) is 2.14. The SMILES string of the molecule is COc1ccc([N+](=O)[O-])cc1NC(=O)[C@H](C)Sc1nnc(Nc2cccc(C)c2)s1. The summed E-state index contributed by atoms with van der Waals surface area (Å²) < 4.78 is 5.80. The molecule has 0 spiro atoms. The summed E-state index contributed by atoms with van der Waals surface area (Å²) in [6.45, 7) is 3.72. The van der Waals surface area contributed by atoms with E-state index in [1.807, 2.05) is 31.2 Å². The molecule has 30 heavy (non-hydrogen) atoms. The van der Waals surface area contributed by atoms with Crippen LogP contribution in [0.1, 0.15) is 12.5 Å². The molecule has 1 atom stereocenters. The second-order valence-electron chi connectivity index (χ2n) is 6.26. The van der Waals surface area contributed by atoms with Gasteiger partial charge in [-0.3, -0.25) is 14.9 Å². The molecule has 0 aliphatic rings. The van der Waals surface area contributed by atoms with Crippen LogP contribution in [0.3, 0.4) is 0 Å². The van der Waals surface area contributed by atoms with Gasteiger partial charge < -0.3 is 15.4 Å². The highest BCUT2D eigenvalue weighted by atomic mass is 32.2. The molecule has 0 bridgehead atoms. The molecule has 1 amide bonds. The van der Waals surface area contributed by atoms with E-state index in [2.05, 4.69) is 20.8 Å². The fourth-order valence-electron chi connectivity index (χ4n) is 2.50. The van der Waals surface area contributed by atoms with E-state index < -0.39 is 10.2 Å². The van der Waals surface area contributed by atoms with Gasteiger partial charge >= 0.3 is 0 Å². The highest BCUT2D eigenvalue weighted by molar-refractivity contribution is 8.02. The van der Waals surface area contributed by atoms with Gasteiger partial charge in [0.1, 0.15) is 5.75 Å². The summed E-state index contributed by atoms with van der Waals surface area (Å²) >= 11 is 2.58. The van der Waals surface area contributed by atoms with Crippen molar-refractivity contribution >= 4 is 51.2 Å². The van der Waals surface area contributed by atoms with Crippen LogP contribution < -0.4 is 15.4 Å². The molecule has 0 aliphatic carbocycles. The topological polar surface area (TPSA) is 119 Å². The van der Waals surface area contributed by atoms with Gasteiger partial charge in [-0.05, 0) is 37.6 Å². The van der Waals surface area contributed by atoms with Crippen molar-refractivity contribution in [3.05, 3.63) is 58.1 Å². The lowest BCUT2D eigenvalue weighted by atomic mass is 10.2. The Bertz CT molecular complexity index is 1070. The number of methoxy groups -OCH3 is 1. The summed E-state index contributed by atoms with van der Waals surface area (Å²) in [5, 5.41) is 25.2. The van der Waals surface area contributed by atoms with Gasteiger partial charge in [0.05, 0.1) is 23.0 Å². The highest BCUT2D eigenvalue weighted by Gasteiger charge is 2.20. The number of hydrogen-bond acceptors (Lipinski definition) is 9. The number of aryl methyl sites for hydroxylation is 1. The molecule has 0 radical (unpaired) electrons. The smallest absolute Gasteiger partial charge is 0.271 e. The Kier molecular flexibility index (Phi) is 6.85. The van der Waals surface area contributed by atoms with Gasteiger partial charge in [-0.1, -0.05) is 35.2 Å². The molecule has 0 fully saturated rings. The molecule has 3 rings (SSSR count). The number of nitrogens with one attached hydrogen (secondary N) is 2. The van der Waals surface area contributed by atoms with Crippen molar-refractivity contribution in [3.8, 4) is 5.75 Å². The molecule has 0 aliphatic heterocycles. The van der Waals surface area contributed by atoms with Gasteiger partial charge in [0.15, 0.2) is 4.34 Å². The Hall–Kier alpha value is -3.18. The Labute approximate surface area is 181 Å². The number of nitro benzene ring substituents is 1. The van der Waals surface area contributed by atoms with E-state index in [9.17, 15) is 14.9 Å². The first-order chi connectivity index (χ1) is 14.4. The number of carbonyl (C=O) groups excluding carboxylic acids is 1. The highest BCUT2D eigenvalue weighted by Crippen LogP contribution is 2.33. The average molecular weight is 446 g/mol. The van der Waals surface area contributed by atoms with E-state index >= 15 is 0 Å². The monoisotopic (exact) mass is 445 g/mol. The van der Waals surface area contributed by atoms with Gasteiger partial charge in [-0.15, -0.1) is 10.2 Å². The molecule has 156 valence electrons. The second kappa shape index (κ2) is 9.55. The number of anilines is 3. The van der Waals surface area contributed by atoms with Gasteiger partial charge in [-0.25, -0.2) is 0 Å². The van der Waals surface area contributed by atoms with Crippen LogP contribution in [0.5, 0.6) is 5.75 Å². The summed E-state index contributed by atoms with van der Waals surface area (Å²) in [4.78, 5) is 23.0. The van der Waals surface area contributed by atoms with Crippen LogP contribution >= 0.6 is 23.1 Å². The minimum Gasteiger partial charge on any atom is -0.495 e. The van der Waals surface area contributed by atoms with E-state index in [1.54, 1.807) is 6.92 Å². The number of aromatic nitrogens is 2. The maximum atomic E-state index is 12.6. The number of amides is 1. The third-order valence-corrected chi connectivity index (χ3v) is 6.00. The van der Waals surface area contributed by atoms with Crippen molar-refractivity contribution in [2.75, 3.05) is 17.7 Å². The zero-order chi connectivity index (χ0) is 21.7. The van der Waals surface area contributed by atoms with Gasteiger partial charge in [-0.2, -0.15) is 0 Å². The summed E-state index contributed by atoms with van der Waals surface area (Å²) in [7, 11) is 1.43. The number of nitrogens with zero attached hydrogens (tertiary/aromatic N) is 3. The Balaban J connectivity index is 1.64. The third kappa shape index (κ3) is 5.45. The molecule has 0 unspecified atom stereocenters. The molecular weight excluding hydrogens is 426 g/mol. The van der Waals surface area contributed by atoms with Crippen molar-refractivity contribution in [1.29, 1.82) is 0 Å². The zero-order valence-electron chi connectivity index (χ0n) is 16.4. The number of carbonyl (C=O) groups is 1. The largest absolute Gasteiger partial charge is 0.495 e. The molecule has 1 heterocycles. The first-order valence-corrected chi connectivity index (χ1v) is 10.5. The Morgan fingerprint density at radius 3 is 2.77 bits per heavy atom. The Morgan fingerprint density at radius 2 is 2.07 bits per heavy atom. The number of non-ortho nitro benzene ring substituents is 1. The minimum absolute atomic E-state index is 0.137. The predicted octanol–water partition coefficient (Wildman–Crippen LogP) is 4.63. The quantitative estimate of drug-likeness (QED) is 0.293. The molecule has 9 nitrogen and oxygen atoms in total. The van der Waals surface area contributed by atoms with Crippen LogP contribution in [0.4, 0.5) is 22.2 Å². The van der Waals surface area contributed by atoms with E-state index in [1.165, 1.54) is 48.4 Å². The van der Waals surface area contributed by atoms with Crippen LogP contribution in [0.15, 0.2) is 46.8 Å². The van der Waals surface area contributed by atoms with E-state index in [-0.39, 0.29) is 17.3 Å². The number of ether oxygens (including phenoxy) is 1. The van der Waals surface area contributed by atoms with Crippen molar-refractivity contribution in [2.24, 2.45) is 0 Å². The van der Waals surface area contributed by atoms with Crippen LogP contribution in [0.25, 0.3) is 0 Å². The molecule has 3 aromatic rings. The average Bonchev–Trinajstić information content (AvgIpc) is 3.14. The van der Waals surface area contributed by atoms with Crippen molar-refractivity contribution in [1.82, 2.24) is 10.2 Å². The Morgan fingerprint density at radius 1 is 1.27 bits per heavy atom. The summed E-state index contributed by atoms with van der Waals surface area (Å²) in [6, 6.07) is 11.9. The maximum absolute atomic E-state index is 12.6. The van der Waals surface area contributed by atoms with Crippen LogP contribution in [0, 0.1) is 17.0 Å². The van der Waals surface area contributed by atoms with Crippen LogP contribution in [-0.2, 0) is 4.79 Å². The number of nitro groups is 1. The lowest BCUT2D eigenvalue weighted by Crippen LogP contribution is -2.22. The number of benzene rings is 2. The number of hydrogen-bond donors (Lipinski definition) is 2. The fraction of sp³-hybridized carbons (Fsp3) is 0.211. The molecule has 0 saturated carbocycles. The van der Waals surface area contributed by atoms with Crippen molar-refractivity contribution in [2.45, 2.75) is 23.4 Å². The lowest BCUT2D eigenvalue weighted by molar-refractivity contribution is -0.384. The van der Waals surface area contributed by atoms with Crippen molar-refractivity contribution in [3.63, 3.8) is 0 Å². The zero-order valence-corrected chi connectivity index (χ0v) is 18.0. The lowest BCUT2D eigenvalue weighted by Gasteiger charge is -2.13.